The molecule has 1 rings (SSSR count). The van der Waals surface area contributed by atoms with Crippen LogP contribution in [-0.2, 0) is 9.53 Å². The lowest BCUT2D eigenvalue weighted by molar-refractivity contribution is -0.121. The van der Waals surface area contributed by atoms with Gasteiger partial charge in [-0.15, -0.1) is 0 Å². The monoisotopic (exact) mass is 267 g/mol. The Hall–Kier alpha value is -1.89. The van der Waals surface area contributed by atoms with E-state index >= 15 is 0 Å². The highest BCUT2D eigenvalue weighted by molar-refractivity contribution is 5.83. The molecular formula is C12H21N5O2. The van der Waals surface area contributed by atoms with Crippen LogP contribution in [0.25, 0.3) is 0 Å². The minimum Gasteiger partial charge on any atom is -0.383 e. The third kappa shape index (κ3) is 5.52. The molecule has 1 aromatic heterocycles. The first-order valence-electron chi connectivity index (χ1n) is 6.27. The second-order valence-corrected chi connectivity index (χ2v) is 3.95. The number of hydrogen-bond donors (Lipinski definition) is 3. The third-order valence-electron chi connectivity index (χ3n) is 2.35. The first kappa shape index (κ1) is 15.2. The maximum atomic E-state index is 11.7. The summed E-state index contributed by atoms with van der Waals surface area (Å²) in [5.41, 5.74) is 0. The van der Waals surface area contributed by atoms with Crippen molar-refractivity contribution in [2.45, 2.75) is 19.9 Å². The number of nitrogens with one attached hydrogen (secondary N) is 3. The largest absolute Gasteiger partial charge is 0.383 e. The van der Waals surface area contributed by atoms with Crippen molar-refractivity contribution < 1.29 is 9.53 Å². The number of methoxy groups -OCH3 is 1. The van der Waals surface area contributed by atoms with Gasteiger partial charge in [-0.1, -0.05) is 0 Å². The lowest BCUT2D eigenvalue weighted by Gasteiger charge is -2.14. The Kier molecular flexibility index (Phi) is 6.59. The zero-order valence-corrected chi connectivity index (χ0v) is 11.6. The summed E-state index contributed by atoms with van der Waals surface area (Å²) < 4.78 is 4.87. The Bertz CT molecular complexity index is 399. The van der Waals surface area contributed by atoms with Crippen molar-refractivity contribution >= 4 is 17.7 Å². The lowest BCUT2D eigenvalue weighted by atomic mass is 10.3. The second kappa shape index (κ2) is 8.25. The van der Waals surface area contributed by atoms with Crippen LogP contribution in [0.4, 0.5) is 11.8 Å². The van der Waals surface area contributed by atoms with Crippen molar-refractivity contribution in [3.63, 3.8) is 0 Å². The molecule has 0 spiro atoms. The summed E-state index contributed by atoms with van der Waals surface area (Å²) in [4.78, 5) is 20.1. The Morgan fingerprint density at radius 1 is 1.53 bits per heavy atom. The number of carbonyl (C=O) groups excluding carboxylic acids is 1. The van der Waals surface area contributed by atoms with E-state index in [2.05, 4.69) is 25.9 Å². The van der Waals surface area contributed by atoms with Crippen LogP contribution in [0, 0.1) is 0 Å². The highest BCUT2D eigenvalue weighted by Gasteiger charge is 2.12. The van der Waals surface area contributed by atoms with Crippen molar-refractivity contribution in [3.05, 3.63) is 12.3 Å². The summed E-state index contributed by atoms with van der Waals surface area (Å²) in [6.07, 6.45) is 1.64. The summed E-state index contributed by atoms with van der Waals surface area (Å²) in [6.45, 7) is 5.48. The third-order valence-corrected chi connectivity index (χ3v) is 2.35. The van der Waals surface area contributed by atoms with Gasteiger partial charge in [0, 0.05) is 26.4 Å². The van der Waals surface area contributed by atoms with Crippen molar-refractivity contribution in [2.75, 3.05) is 37.4 Å². The number of ether oxygens (including phenoxy) is 1. The van der Waals surface area contributed by atoms with Crippen LogP contribution in [0.5, 0.6) is 0 Å². The molecule has 0 bridgehead atoms. The normalized spacial score (nSPS) is 11.7. The van der Waals surface area contributed by atoms with Crippen LogP contribution in [0.15, 0.2) is 12.3 Å². The zero-order valence-electron chi connectivity index (χ0n) is 11.6. The van der Waals surface area contributed by atoms with Gasteiger partial charge in [0.15, 0.2) is 0 Å². The van der Waals surface area contributed by atoms with E-state index in [0.717, 1.165) is 6.54 Å². The molecule has 0 aliphatic rings. The SMILES string of the molecule is CCNc1nccc(NC(C)C(=O)NCCOC)n1. The average Bonchev–Trinajstić information content (AvgIpc) is 2.39. The van der Waals surface area contributed by atoms with E-state index in [1.807, 2.05) is 6.92 Å². The van der Waals surface area contributed by atoms with Gasteiger partial charge in [0.1, 0.15) is 11.9 Å². The average molecular weight is 267 g/mol. The number of carbonyl (C=O) groups is 1. The molecule has 0 saturated carbocycles. The molecule has 0 aromatic carbocycles. The molecule has 3 N–H and O–H groups in total. The van der Waals surface area contributed by atoms with Crippen LogP contribution in [0.3, 0.4) is 0 Å². The molecule has 1 atom stereocenters. The van der Waals surface area contributed by atoms with Gasteiger partial charge >= 0.3 is 0 Å². The van der Waals surface area contributed by atoms with Gasteiger partial charge in [-0.05, 0) is 19.9 Å². The van der Waals surface area contributed by atoms with Gasteiger partial charge in [-0.2, -0.15) is 4.98 Å². The molecule has 1 amide bonds. The maximum Gasteiger partial charge on any atom is 0.242 e. The zero-order chi connectivity index (χ0) is 14.1. The van der Waals surface area contributed by atoms with Crippen molar-refractivity contribution in [1.29, 1.82) is 0 Å². The number of hydrogen-bond acceptors (Lipinski definition) is 6. The summed E-state index contributed by atoms with van der Waals surface area (Å²) in [7, 11) is 1.59. The molecule has 0 fully saturated rings. The molecule has 1 aromatic rings. The van der Waals surface area contributed by atoms with E-state index in [1.54, 1.807) is 26.3 Å². The summed E-state index contributed by atoms with van der Waals surface area (Å²) >= 11 is 0. The second-order valence-electron chi connectivity index (χ2n) is 3.95. The minimum absolute atomic E-state index is 0.0966. The number of anilines is 2. The molecule has 106 valence electrons. The van der Waals surface area contributed by atoms with Crippen molar-refractivity contribution in [1.82, 2.24) is 15.3 Å². The fourth-order valence-corrected chi connectivity index (χ4v) is 1.40. The van der Waals surface area contributed by atoms with Crippen molar-refractivity contribution in [3.8, 4) is 0 Å². The number of nitrogens with zero attached hydrogens (tertiary/aromatic N) is 2. The van der Waals surface area contributed by atoms with Gasteiger partial charge < -0.3 is 20.7 Å². The van der Waals surface area contributed by atoms with Gasteiger partial charge in [0.05, 0.1) is 6.61 Å². The fourth-order valence-electron chi connectivity index (χ4n) is 1.40. The summed E-state index contributed by atoms with van der Waals surface area (Å²) in [5, 5.41) is 8.79. The molecule has 19 heavy (non-hydrogen) atoms. The van der Waals surface area contributed by atoms with Crippen LogP contribution in [-0.4, -0.2) is 48.7 Å². The molecule has 0 radical (unpaired) electrons. The van der Waals surface area contributed by atoms with E-state index in [4.69, 9.17) is 4.74 Å². The summed E-state index contributed by atoms with van der Waals surface area (Å²) in [5.74, 6) is 1.06. The standard InChI is InChI=1S/C12H21N5O2/c1-4-13-12-15-6-5-10(17-12)16-9(2)11(18)14-7-8-19-3/h5-6,9H,4,7-8H2,1-3H3,(H,14,18)(H2,13,15,16,17). The van der Waals surface area contributed by atoms with E-state index < -0.39 is 0 Å². The fraction of sp³-hybridized carbons (Fsp3) is 0.583. The van der Waals surface area contributed by atoms with E-state index in [0.29, 0.717) is 24.9 Å². The number of aromatic nitrogens is 2. The first-order chi connectivity index (χ1) is 9.17. The first-order valence-corrected chi connectivity index (χ1v) is 6.27. The van der Waals surface area contributed by atoms with Gasteiger partial charge in [-0.3, -0.25) is 4.79 Å². The van der Waals surface area contributed by atoms with Gasteiger partial charge in [-0.25, -0.2) is 4.98 Å². The highest BCUT2D eigenvalue weighted by atomic mass is 16.5. The molecule has 1 unspecified atom stereocenters. The topological polar surface area (TPSA) is 88.2 Å². The molecule has 7 nitrogen and oxygen atoms in total. The highest BCUT2D eigenvalue weighted by Crippen LogP contribution is 2.06. The van der Waals surface area contributed by atoms with Crippen LogP contribution in [0.1, 0.15) is 13.8 Å². The Balaban J connectivity index is 2.48. The maximum absolute atomic E-state index is 11.7. The Morgan fingerprint density at radius 2 is 2.32 bits per heavy atom. The Morgan fingerprint density at radius 3 is 3.00 bits per heavy atom. The molecule has 1 heterocycles. The van der Waals surface area contributed by atoms with Crippen LogP contribution >= 0.6 is 0 Å². The van der Waals surface area contributed by atoms with E-state index in [1.165, 1.54) is 0 Å². The molecular weight excluding hydrogens is 246 g/mol. The molecule has 0 aliphatic carbocycles. The predicted octanol–water partition coefficient (Wildman–Crippen LogP) is 0.471. The minimum atomic E-state index is -0.374. The summed E-state index contributed by atoms with van der Waals surface area (Å²) in [6, 6.07) is 1.35. The molecule has 7 heteroatoms. The van der Waals surface area contributed by atoms with E-state index in [-0.39, 0.29) is 11.9 Å². The van der Waals surface area contributed by atoms with Gasteiger partial charge in [0.25, 0.3) is 0 Å². The predicted molar refractivity (Wildman–Crippen MR) is 74.2 cm³/mol. The number of amides is 1. The lowest BCUT2D eigenvalue weighted by Crippen LogP contribution is -2.39. The quantitative estimate of drug-likeness (QED) is 0.593. The Labute approximate surface area is 113 Å². The molecule has 0 aliphatic heterocycles. The smallest absolute Gasteiger partial charge is 0.242 e. The van der Waals surface area contributed by atoms with Gasteiger partial charge in [0.2, 0.25) is 11.9 Å². The number of rotatable bonds is 8. The van der Waals surface area contributed by atoms with E-state index in [9.17, 15) is 4.79 Å². The van der Waals surface area contributed by atoms with Crippen molar-refractivity contribution in [2.24, 2.45) is 0 Å². The molecule has 0 saturated heterocycles. The van der Waals surface area contributed by atoms with Crippen LogP contribution < -0.4 is 16.0 Å². The van der Waals surface area contributed by atoms with Crippen LogP contribution in [0.2, 0.25) is 0 Å².